The maximum atomic E-state index is 10.9. The Balaban J connectivity index is 3.32. The third kappa shape index (κ3) is 7.25. The van der Waals surface area contributed by atoms with E-state index in [4.69, 9.17) is 10.4 Å². The summed E-state index contributed by atoms with van der Waals surface area (Å²) >= 11 is 0. The van der Waals surface area contributed by atoms with Crippen molar-refractivity contribution in [3.63, 3.8) is 0 Å². The fourth-order valence-corrected chi connectivity index (χ4v) is 0.697. The third-order valence-corrected chi connectivity index (χ3v) is 1.45. The van der Waals surface area contributed by atoms with Crippen LogP contribution in [0.1, 0.15) is 6.92 Å². The Morgan fingerprint density at radius 2 is 2.38 bits per heavy atom. The third-order valence-electron chi connectivity index (χ3n) is 1.45. The van der Waals surface area contributed by atoms with Crippen LogP contribution in [-0.2, 0) is 4.79 Å². The SMILES string of the molecule is CC(CO)CNCC(=O)NCC#N. The van der Waals surface area contributed by atoms with Crippen molar-refractivity contribution in [2.75, 3.05) is 26.2 Å². The molecule has 0 radical (unpaired) electrons. The molecule has 5 heteroatoms. The van der Waals surface area contributed by atoms with E-state index in [0.717, 1.165) is 0 Å². The number of aliphatic hydroxyl groups excluding tert-OH is 1. The number of nitrogens with zero attached hydrogens (tertiary/aromatic N) is 1. The fourth-order valence-electron chi connectivity index (χ4n) is 0.697. The number of carbonyl (C=O) groups is 1. The van der Waals surface area contributed by atoms with Crippen LogP contribution in [0.4, 0.5) is 0 Å². The summed E-state index contributed by atoms with van der Waals surface area (Å²) < 4.78 is 0. The highest BCUT2D eigenvalue weighted by atomic mass is 16.3. The highest BCUT2D eigenvalue weighted by Crippen LogP contribution is 1.87. The molecule has 5 nitrogen and oxygen atoms in total. The van der Waals surface area contributed by atoms with E-state index in [0.29, 0.717) is 6.54 Å². The molecule has 0 aliphatic heterocycles. The van der Waals surface area contributed by atoms with Crippen LogP contribution in [0.15, 0.2) is 0 Å². The molecule has 0 spiro atoms. The second-order valence-electron chi connectivity index (χ2n) is 2.85. The van der Waals surface area contributed by atoms with E-state index in [2.05, 4.69) is 10.6 Å². The first-order chi connectivity index (χ1) is 6.20. The van der Waals surface area contributed by atoms with Crippen LogP contribution in [0, 0.1) is 17.2 Å². The Bertz CT molecular complexity index is 188. The second-order valence-corrected chi connectivity index (χ2v) is 2.85. The molecule has 0 aliphatic rings. The predicted molar refractivity (Wildman–Crippen MR) is 47.7 cm³/mol. The normalized spacial score (nSPS) is 11.8. The number of rotatable bonds is 6. The molecule has 0 rings (SSSR count). The Labute approximate surface area is 77.7 Å². The molecule has 0 aromatic rings. The van der Waals surface area contributed by atoms with Gasteiger partial charge in [0.15, 0.2) is 0 Å². The van der Waals surface area contributed by atoms with Gasteiger partial charge < -0.3 is 15.7 Å². The molecule has 0 saturated heterocycles. The van der Waals surface area contributed by atoms with Crippen LogP contribution in [0.25, 0.3) is 0 Å². The Morgan fingerprint density at radius 3 is 2.92 bits per heavy atom. The van der Waals surface area contributed by atoms with Crippen molar-refractivity contribution in [3.8, 4) is 6.07 Å². The lowest BCUT2D eigenvalue weighted by Crippen LogP contribution is -2.36. The molecule has 1 atom stereocenters. The average molecular weight is 185 g/mol. The lowest BCUT2D eigenvalue weighted by Gasteiger charge is -2.08. The number of aliphatic hydroxyl groups is 1. The van der Waals surface area contributed by atoms with Gasteiger partial charge in [0.2, 0.25) is 5.91 Å². The number of nitrogens with one attached hydrogen (secondary N) is 2. The standard InChI is InChI=1S/C8H15N3O2/c1-7(6-12)4-10-5-8(13)11-3-2-9/h7,10,12H,3-6H2,1H3,(H,11,13). The number of nitriles is 1. The van der Waals surface area contributed by atoms with E-state index < -0.39 is 0 Å². The molecule has 0 heterocycles. The minimum Gasteiger partial charge on any atom is -0.396 e. The van der Waals surface area contributed by atoms with Crippen molar-refractivity contribution in [2.45, 2.75) is 6.92 Å². The Hall–Kier alpha value is -1.12. The van der Waals surface area contributed by atoms with E-state index in [-0.39, 0.29) is 31.5 Å². The van der Waals surface area contributed by atoms with Crippen LogP contribution < -0.4 is 10.6 Å². The molecule has 0 aromatic carbocycles. The molecule has 0 aliphatic carbocycles. The number of hydrogen-bond acceptors (Lipinski definition) is 4. The van der Waals surface area contributed by atoms with Crippen molar-refractivity contribution < 1.29 is 9.90 Å². The lowest BCUT2D eigenvalue weighted by atomic mass is 10.2. The molecule has 13 heavy (non-hydrogen) atoms. The summed E-state index contributed by atoms with van der Waals surface area (Å²) in [5, 5.41) is 22.1. The molecule has 0 bridgehead atoms. The molecular formula is C8H15N3O2. The summed E-state index contributed by atoms with van der Waals surface area (Å²) in [6.07, 6.45) is 0. The summed E-state index contributed by atoms with van der Waals surface area (Å²) in [5.74, 6) is -0.0598. The van der Waals surface area contributed by atoms with E-state index in [9.17, 15) is 4.79 Å². The summed E-state index contributed by atoms with van der Waals surface area (Å²) in [6, 6.07) is 1.81. The second kappa shape index (κ2) is 7.53. The van der Waals surface area contributed by atoms with E-state index >= 15 is 0 Å². The first-order valence-corrected chi connectivity index (χ1v) is 4.16. The van der Waals surface area contributed by atoms with Gasteiger partial charge >= 0.3 is 0 Å². The zero-order valence-corrected chi connectivity index (χ0v) is 7.71. The van der Waals surface area contributed by atoms with Gasteiger partial charge in [-0.2, -0.15) is 5.26 Å². The maximum absolute atomic E-state index is 10.9. The van der Waals surface area contributed by atoms with Crippen LogP contribution in [0.3, 0.4) is 0 Å². The molecule has 0 fully saturated rings. The molecular weight excluding hydrogens is 170 g/mol. The van der Waals surface area contributed by atoms with Crippen LogP contribution >= 0.6 is 0 Å². The molecule has 0 aromatic heterocycles. The van der Waals surface area contributed by atoms with Gasteiger partial charge in [-0.1, -0.05) is 6.92 Å². The average Bonchev–Trinajstić information content (AvgIpc) is 2.14. The van der Waals surface area contributed by atoms with Gasteiger partial charge in [0.1, 0.15) is 6.54 Å². The zero-order valence-electron chi connectivity index (χ0n) is 7.71. The van der Waals surface area contributed by atoms with Crippen molar-refractivity contribution in [3.05, 3.63) is 0 Å². The summed E-state index contributed by atoms with van der Waals surface area (Å²) in [5.41, 5.74) is 0. The van der Waals surface area contributed by atoms with Gasteiger partial charge in [0.25, 0.3) is 0 Å². The van der Waals surface area contributed by atoms with E-state index in [1.54, 1.807) is 0 Å². The van der Waals surface area contributed by atoms with Crippen LogP contribution in [0.2, 0.25) is 0 Å². The first-order valence-electron chi connectivity index (χ1n) is 4.16. The zero-order chi connectivity index (χ0) is 10.1. The molecule has 74 valence electrons. The highest BCUT2D eigenvalue weighted by Gasteiger charge is 2.01. The van der Waals surface area contributed by atoms with Crippen molar-refractivity contribution >= 4 is 5.91 Å². The molecule has 1 unspecified atom stereocenters. The lowest BCUT2D eigenvalue weighted by molar-refractivity contribution is -0.120. The van der Waals surface area contributed by atoms with Gasteiger partial charge in [-0.15, -0.1) is 0 Å². The number of carbonyl (C=O) groups excluding carboxylic acids is 1. The monoisotopic (exact) mass is 185 g/mol. The van der Waals surface area contributed by atoms with Gasteiger partial charge in [-0.25, -0.2) is 0 Å². The minimum atomic E-state index is -0.202. The topological polar surface area (TPSA) is 85.2 Å². The summed E-state index contributed by atoms with van der Waals surface area (Å²) in [4.78, 5) is 10.9. The van der Waals surface area contributed by atoms with E-state index in [1.807, 2.05) is 13.0 Å². The van der Waals surface area contributed by atoms with Crippen molar-refractivity contribution in [1.82, 2.24) is 10.6 Å². The maximum Gasteiger partial charge on any atom is 0.234 e. The minimum absolute atomic E-state index is 0.0378. The van der Waals surface area contributed by atoms with E-state index in [1.165, 1.54) is 0 Å². The Kier molecular flexibility index (Phi) is 6.88. The predicted octanol–water partition coefficient (Wildman–Crippen LogP) is -1.16. The fraction of sp³-hybridized carbons (Fsp3) is 0.750. The van der Waals surface area contributed by atoms with Crippen molar-refractivity contribution in [1.29, 1.82) is 5.26 Å². The number of amides is 1. The number of hydrogen-bond donors (Lipinski definition) is 3. The van der Waals surface area contributed by atoms with Crippen LogP contribution in [-0.4, -0.2) is 37.3 Å². The molecule has 1 amide bonds. The van der Waals surface area contributed by atoms with Crippen molar-refractivity contribution in [2.24, 2.45) is 5.92 Å². The molecule has 3 N–H and O–H groups in total. The highest BCUT2D eigenvalue weighted by molar-refractivity contribution is 5.78. The van der Waals surface area contributed by atoms with Gasteiger partial charge in [0, 0.05) is 13.2 Å². The van der Waals surface area contributed by atoms with Gasteiger partial charge in [0.05, 0.1) is 12.6 Å². The van der Waals surface area contributed by atoms with Crippen LogP contribution in [0.5, 0.6) is 0 Å². The van der Waals surface area contributed by atoms with Gasteiger partial charge in [-0.05, 0) is 5.92 Å². The first kappa shape index (κ1) is 11.9. The summed E-state index contributed by atoms with van der Waals surface area (Å²) in [7, 11) is 0. The van der Waals surface area contributed by atoms with Gasteiger partial charge in [-0.3, -0.25) is 4.79 Å². The quantitative estimate of drug-likeness (QED) is 0.456. The largest absolute Gasteiger partial charge is 0.396 e. The smallest absolute Gasteiger partial charge is 0.234 e. The summed E-state index contributed by atoms with van der Waals surface area (Å²) in [6.45, 7) is 2.80. The Morgan fingerprint density at radius 1 is 1.69 bits per heavy atom. The molecule has 0 saturated carbocycles.